The molecule has 2 amide bonds. The molecule has 2 aromatic rings. The van der Waals surface area contributed by atoms with Crippen LogP contribution in [0.25, 0.3) is 0 Å². The Balaban J connectivity index is 1.62. The summed E-state index contributed by atoms with van der Waals surface area (Å²) in [6, 6.07) is 10.2. The Labute approximate surface area is 166 Å². The van der Waals surface area contributed by atoms with Gasteiger partial charge in [-0.15, -0.1) is 0 Å². The molecule has 6 nitrogen and oxygen atoms in total. The van der Waals surface area contributed by atoms with E-state index in [1.807, 2.05) is 22.8 Å². The lowest BCUT2D eigenvalue weighted by Crippen LogP contribution is -2.28. The summed E-state index contributed by atoms with van der Waals surface area (Å²) in [5, 5.41) is 5.90. The van der Waals surface area contributed by atoms with Crippen molar-refractivity contribution in [2.45, 2.75) is 58.4 Å². The molecule has 1 aromatic carbocycles. The molecule has 2 N–H and O–H groups in total. The number of carbonyl (C=O) groups excluding carboxylic acids is 2. The minimum Gasteiger partial charge on any atom is -0.351 e. The van der Waals surface area contributed by atoms with Gasteiger partial charge < -0.3 is 15.2 Å². The molecule has 0 bridgehead atoms. The highest BCUT2D eigenvalue weighted by Crippen LogP contribution is 2.21. The van der Waals surface area contributed by atoms with Gasteiger partial charge in [-0.2, -0.15) is 0 Å². The van der Waals surface area contributed by atoms with Crippen LogP contribution in [0.5, 0.6) is 0 Å². The van der Waals surface area contributed by atoms with E-state index in [0.717, 1.165) is 57.2 Å². The number of unbranched alkanes of at least 4 members (excludes halogenated alkanes) is 1. The fourth-order valence-corrected chi connectivity index (χ4v) is 3.58. The molecule has 3 rings (SSSR count). The molecule has 0 fully saturated rings. The molecule has 1 aromatic heterocycles. The molecular weight excluding hydrogens is 352 g/mol. The number of hydrogen-bond donors (Lipinski definition) is 2. The van der Waals surface area contributed by atoms with E-state index in [-0.39, 0.29) is 11.8 Å². The summed E-state index contributed by atoms with van der Waals surface area (Å²) in [6.07, 6.45) is 6.59. The van der Waals surface area contributed by atoms with Crippen molar-refractivity contribution in [1.82, 2.24) is 20.2 Å². The monoisotopic (exact) mass is 382 g/mol. The van der Waals surface area contributed by atoms with Crippen LogP contribution >= 0.6 is 0 Å². The molecule has 0 saturated heterocycles. The molecule has 1 aliphatic rings. The number of hydrogen-bond acceptors (Lipinski definition) is 3. The maximum atomic E-state index is 12.7. The Kier molecular flexibility index (Phi) is 7.23. The molecule has 0 radical (unpaired) electrons. The van der Waals surface area contributed by atoms with Gasteiger partial charge in [0.15, 0.2) is 5.82 Å². The van der Waals surface area contributed by atoms with Crippen LogP contribution in [0.15, 0.2) is 30.3 Å². The van der Waals surface area contributed by atoms with Gasteiger partial charge in [0.25, 0.3) is 11.8 Å². The number of nitrogens with one attached hydrogen (secondary N) is 2. The zero-order valence-electron chi connectivity index (χ0n) is 16.7. The second-order valence-electron chi connectivity index (χ2n) is 7.29. The number of amides is 2. The molecule has 1 aliphatic heterocycles. The van der Waals surface area contributed by atoms with E-state index >= 15 is 0 Å². The third-order valence-electron chi connectivity index (χ3n) is 5.12. The number of benzene rings is 1. The van der Waals surface area contributed by atoms with Crippen molar-refractivity contribution in [3.8, 4) is 0 Å². The first-order chi connectivity index (χ1) is 13.7. The summed E-state index contributed by atoms with van der Waals surface area (Å²) in [4.78, 5) is 29.7. The minimum absolute atomic E-state index is 0.175. The second-order valence-corrected chi connectivity index (χ2v) is 7.29. The van der Waals surface area contributed by atoms with Crippen molar-refractivity contribution in [1.29, 1.82) is 0 Å². The van der Waals surface area contributed by atoms with Crippen LogP contribution in [0.4, 0.5) is 0 Å². The third kappa shape index (κ3) is 5.00. The fourth-order valence-electron chi connectivity index (χ4n) is 3.58. The van der Waals surface area contributed by atoms with Crippen molar-refractivity contribution in [2.75, 3.05) is 13.1 Å². The van der Waals surface area contributed by atoms with Crippen LogP contribution in [0, 0.1) is 0 Å². The summed E-state index contributed by atoms with van der Waals surface area (Å²) in [5.74, 6) is 0.0197. The summed E-state index contributed by atoms with van der Waals surface area (Å²) in [5.41, 5.74) is 2.58. The molecule has 150 valence electrons. The highest BCUT2D eigenvalue weighted by molar-refractivity contribution is 5.97. The molecular formula is C22H30N4O2. The summed E-state index contributed by atoms with van der Waals surface area (Å²) >= 11 is 0. The first-order valence-electron chi connectivity index (χ1n) is 10.4. The topological polar surface area (TPSA) is 76.0 Å². The van der Waals surface area contributed by atoms with Gasteiger partial charge >= 0.3 is 0 Å². The van der Waals surface area contributed by atoms with Gasteiger partial charge in [-0.25, -0.2) is 4.98 Å². The molecule has 2 heterocycles. The predicted octanol–water partition coefficient (Wildman–Crippen LogP) is 3.11. The highest BCUT2D eigenvalue weighted by Gasteiger charge is 2.27. The van der Waals surface area contributed by atoms with Crippen LogP contribution in [-0.4, -0.2) is 34.5 Å². The van der Waals surface area contributed by atoms with Crippen LogP contribution in [0.3, 0.4) is 0 Å². The van der Waals surface area contributed by atoms with E-state index in [1.165, 1.54) is 5.56 Å². The molecule has 6 heteroatoms. The lowest BCUT2D eigenvalue weighted by molar-refractivity contribution is 0.0937. The van der Waals surface area contributed by atoms with Crippen LogP contribution in [-0.2, 0) is 19.4 Å². The molecule has 0 saturated carbocycles. The van der Waals surface area contributed by atoms with Crippen LogP contribution in [0.2, 0.25) is 0 Å². The largest absolute Gasteiger partial charge is 0.351 e. The van der Waals surface area contributed by atoms with Crippen LogP contribution < -0.4 is 10.6 Å². The van der Waals surface area contributed by atoms with E-state index in [0.29, 0.717) is 24.6 Å². The van der Waals surface area contributed by atoms with Crippen LogP contribution in [0.1, 0.15) is 71.4 Å². The van der Waals surface area contributed by atoms with Gasteiger partial charge in [0.05, 0.1) is 5.69 Å². The smallest absolute Gasteiger partial charge is 0.287 e. The average molecular weight is 383 g/mol. The number of carbonyl (C=O) groups is 2. The van der Waals surface area contributed by atoms with Gasteiger partial charge in [0.2, 0.25) is 0 Å². The number of aryl methyl sites for hydroxylation is 1. The number of nitrogens with zero attached hydrogens (tertiary/aromatic N) is 2. The lowest BCUT2D eigenvalue weighted by Gasteiger charge is -2.17. The summed E-state index contributed by atoms with van der Waals surface area (Å²) in [7, 11) is 0. The van der Waals surface area contributed by atoms with Crippen molar-refractivity contribution in [3.63, 3.8) is 0 Å². The second kappa shape index (κ2) is 10.1. The van der Waals surface area contributed by atoms with E-state index in [4.69, 9.17) is 0 Å². The van der Waals surface area contributed by atoms with Gasteiger partial charge in [0, 0.05) is 19.6 Å². The Morgan fingerprint density at radius 1 is 1.04 bits per heavy atom. The van der Waals surface area contributed by atoms with E-state index in [2.05, 4.69) is 34.7 Å². The Morgan fingerprint density at radius 2 is 1.79 bits per heavy atom. The van der Waals surface area contributed by atoms with E-state index in [1.54, 1.807) is 0 Å². The van der Waals surface area contributed by atoms with Gasteiger partial charge in [-0.3, -0.25) is 9.59 Å². The summed E-state index contributed by atoms with van der Waals surface area (Å²) < 4.78 is 1.93. The fraction of sp³-hybridized carbons (Fsp3) is 0.500. The number of imidazole rings is 1. The SMILES string of the molecule is CCCCNC(=O)c1nc(C(=O)NCCCc2ccccc2)c2n1CCCC2. The van der Waals surface area contributed by atoms with E-state index < -0.39 is 0 Å². The molecule has 0 atom stereocenters. The first-order valence-corrected chi connectivity index (χ1v) is 10.4. The zero-order valence-corrected chi connectivity index (χ0v) is 16.7. The molecule has 0 unspecified atom stereocenters. The zero-order chi connectivity index (χ0) is 19.8. The number of aromatic nitrogens is 2. The Hall–Kier alpha value is -2.63. The highest BCUT2D eigenvalue weighted by atomic mass is 16.2. The Bertz CT molecular complexity index is 798. The van der Waals surface area contributed by atoms with E-state index in [9.17, 15) is 9.59 Å². The first kappa shape index (κ1) is 20.1. The molecule has 28 heavy (non-hydrogen) atoms. The summed E-state index contributed by atoms with van der Waals surface area (Å²) in [6.45, 7) is 4.07. The quantitative estimate of drug-likeness (QED) is 0.654. The van der Waals surface area contributed by atoms with Gasteiger partial charge in [0.1, 0.15) is 5.69 Å². The van der Waals surface area contributed by atoms with Crippen molar-refractivity contribution in [2.24, 2.45) is 0 Å². The lowest BCUT2D eigenvalue weighted by atomic mass is 10.1. The Morgan fingerprint density at radius 3 is 2.57 bits per heavy atom. The van der Waals surface area contributed by atoms with Gasteiger partial charge in [-0.05, 0) is 44.1 Å². The predicted molar refractivity (Wildman–Crippen MR) is 110 cm³/mol. The molecule has 0 spiro atoms. The maximum Gasteiger partial charge on any atom is 0.287 e. The standard InChI is InChI=1S/C22H30N4O2/c1-2-3-14-24-22(28)20-25-19(18-13-7-8-16-26(18)20)21(27)23-15-9-12-17-10-5-4-6-11-17/h4-6,10-11H,2-3,7-9,12-16H2,1H3,(H,23,27)(H,24,28). The van der Waals surface area contributed by atoms with Crippen molar-refractivity contribution in [3.05, 3.63) is 53.1 Å². The minimum atomic E-state index is -0.181. The van der Waals surface area contributed by atoms with Gasteiger partial charge in [-0.1, -0.05) is 43.7 Å². The molecule has 0 aliphatic carbocycles. The maximum absolute atomic E-state index is 12.7. The normalized spacial score (nSPS) is 13.0. The van der Waals surface area contributed by atoms with Crippen molar-refractivity contribution >= 4 is 11.8 Å². The number of fused-ring (bicyclic) bond motifs is 1. The van der Waals surface area contributed by atoms with Crippen molar-refractivity contribution < 1.29 is 9.59 Å². The third-order valence-corrected chi connectivity index (χ3v) is 5.12. The number of rotatable bonds is 9. The average Bonchev–Trinajstić information content (AvgIpc) is 3.12.